The fourth-order valence-electron chi connectivity index (χ4n) is 4.41. The Bertz CT molecular complexity index is 1670. The SMILES string of the molecule is COc1ccc(/C=N/NC(=O)Nc2cc3c(Nc4ccc(F)c(Cl)c4)ncnc3cc2OC2CCOC2)c(OC)c1OC. The Kier molecular flexibility index (Phi) is 9.23. The van der Waals surface area contributed by atoms with Crippen molar-refractivity contribution in [1.29, 1.82) is 0 Å². The third-order valence-electron chi connectivity index (χ3n) is 6.45. The van der Waals surface area contributed by atoms with Gasteiger partial charge in [0.25, 0.3) is 0 Å². The fraction of sp³-hybridized carbons (Fsp3) is 0.241. The highest BCUT2D eigenvalue weighted by molar-refractivity contribution is 6.31. The molecule has 224 valence electrons. The van der Waals surface area contributed by atoms with E-state index in [-0.39, 0.29) is 11.1 Å². The van der Waals surface area contributed by atoms with E-state index >= 15 is 0 Å². The van der Waals surface area contributed by atoms with Crippen molar-refractivity contribution in [3.05, 3.63) is 65.2 Å². The number of halogens is 2. The lowest BCUT2D eigenvalue weighted by atomic mass is 10.1. The van der Waals surface area contributed by atoms with Crippen LogP contribution in [0.2, 0.25) is 5.02 Å². The van der Waals surface area contributed by atoms with Crippen LogP contribution < -0.4 is 35.0 Å². The molecule has 0 bridgehead atoms. The maximum atomic E-state index is 13.7. The number of rotatable bonds is 10. The molecule has 0 aliphatic carbocycles. The zero-order chi connectivity index (χ0) is 30.3. The normalized spacial score (nSPS) is 14.5. The number of anilines is 3. The van der Waals surface area contributed by atoms with Crippen molar-refractivity contribution in [1.82, 2.24) is 15.4 Å². The number of nitrogens with one attached hydrogen (secondary N) is 3. The van der Waals surface area contributed by atoms with E-state index in [0.717, 1.165) is 0 Å². The Morgan fingerprint density at radius 1 is 1.07 bits per heavy atom. The van der Waals surface area contributed by atoms with Crippen LogP contribution in [-0.2, 0) is 4.74 Å². The first-order valence-electron chi connectivity index (χ1n) is 13.0. The van der Waals surface area contributed by atoms with Crippen LogP contribution in [0.25, 0.3) is 10.9 Å². The van der Waals surface area contributed by atoms with Gasteiger partial charge in [-0.3, -0.25) is 0 Å². The lowest BCUT2D eigenvalue weighted by Gasteiger charge is -2.18. The van der Waals surface area contributed by atoms with Crippen LogP contribution in [0.15, 0.2) is 53.9 Å². The van der Waals surface area contributed by atoms with Gasteiger partial charge < -0.3 is 34.3 Å². The molecule has 2 amide bonds. The molecule has 43 heavy (non-hydrogen) atoms. The Labute approximate surface area is 251 Å². The zero-order valence-electron chi connectivity index (χ0n) is 23.4. The molecule has 1 aliphatic rings. The van der Waals surface area contributed by atoms with Crippen LogP contribution >= 0.6 is 11.6 Å². The summed E-state index contributed by atoms with van der Waals surface area (Å²) in [5.74, 6) is 1.52. The predicted octanol–water partition coefficient (Wildman–Crippen LogP) is 5.52. The van der Waals surface area contributed by atoms with Crippen molar-refractivity contribution in [2.24, 2.45) is 5.10 Å². The maximum Gasteiger partial charge on any atom is 0.339 e. The van der Waals surface area contributed by atoms with E-state index < -0.39 is 11.8 Å². The van der Waals surface area contributed by atoms with Gasteiger partial charge in [-0.15, -0.1) is 0 Å². The van der Waals surface area contributed by atoms with Gasteiger partial charge in [-0.2, -0.15) is 5.10 Å². The Hall–Kier alpha value is -4.88. The van der Waals surface area contributed by atoms with E-state index in [9.17, 15) is 9.18 Å². The molecule has 14 heteroatoms. The third-order valence-corrected chi connectivity index (χ3v) is 6.74. The average Bonchev–Trinajstić information content (AvgIpc) is 3.52. The van der Waals surface area contributed by atoms with Gasteiger partial charge >= 0.3 is 6.03 Å². The van der Waals surface area contributed by atoms with E-state index in [4.69, 9.17) is 35.3 Å². The summed E-state index contributed by atoms with van der Waals surface area (Å²) in [4.78, 5) is 21.7. The van der Waals surface area contributed by atoms with Crippen LogP contribution in [-0.4, -0.2) is 62.9 Å². The standard InChI is InChI=1S/C29H28ClFN6O6/c1-39-24-7-4-16(26(40-2)27(24)41-3)13-34-37-29(38)36-23-11-19-22(12-25(23)43-18-8-9-42-14-18)32-15-33-28(19)35-17-5-6-21(31)20(30)10-17/h4-7,10-13,15,18H,8-9,14H2,1-3H3,(H,32,33,35)(H2,36,37,38)/b34-13+. The second kappa shape index (κ2) is 13.4. The molecule has 0 radical (unpaired) electrons. The maximum absolute atomic E-state index is 13.7. The highest BCUT2D eigenvalue weighted by atomic mass is 35.5. The molecule has 3 aromatic carbocycles. The summed E-state index contributed by atoms with van der Waals surface area (Å²) in [6, 6.07) is 10.4. The van der Waals surface area contributed by atoms with Gasteiger partial charge in [-0.1, -0.05) is 11.6 Å². The zero-order valence-corrected chi connectivity index (χ0v) is 24.2. The molecule has 12 nitrogen and oxygen atoms in total. The van der Waals surface area contributed by atoms with Gasteiger partial charge in [0.05, 0.1) is 57.0 Å². The molecule has 0 saturated carbocycles. The second-order valence-corrected chi connectivity index (χ2v) is 9.60. The molecule has 5 rings (SSSR count). The third kappa shape index (κ3) is 6.79. The lowest BCUT2D eigenvalue weighted by Crippen LogP contribution is -2.25. The van der Waals surface area contributed by atoms with Gasteiger partial charge in [0.1, 0.15) is 29.8 Å². The molecule has 1 saturated heterocycles. The monoisotopic (exact) mass is 610 g/mol. The molecule has 3 N–H and O–H groups in total. The summed E-state index contributed by atoms with van der Waals surface area (Å²) < 4.78 is 41.4. The van der Waals surface area contributed by atoms with Gasteiger partial charge in [0.15, 0.2) is 11.5 Å². The first kappa shape index (κ1) is 29.6. The molecular weight excluding hydrogens is 583 g/mol. The van der Waals surface area contributed by atoms with Gasteiger partial charge in [-0.05, 0) is 36.4 Å². The first-order valence-corrected chi connectivity index (χ1v) is 13.4. The number of nitrogens with zero attached hydrogens (tertiary/aromatic N) is 3. The molecule has 1 fully saturated rings. The Morgan fingerprint density at radius 3 is 2.63 bits per heavy atom. The molecular formula is C29H28ClFN6O6. The number of ether oxygens (including phenoxy) is 5. The van der Waals surface area contributed by atoms with Gasteiger partial charge in [0.2, 0.25) is 5.75 Å². The van der Waals surface area contributed by atoms with E-state index in [1.807, 2.05) is 0 Å². The van der Waals surface area contributed by atoms with E-state index in [1.54, 1.807) is 24.3 Å². The second-order valence-electron chi connectivity index (χ2n) is 9.19. The number of methoxy groups -OCH3 is 3. The molecule has 2 heterocycles. The Morgan fingerprint density at radius 2 is 1.91 bits per heavy atom. The van der Waals surface area contributed by atoms with Crippen LogP contribution in [0.4, 0.5) is 26.4 Å². The van der Waals surface area contributed by atoms with Crippen molar-refractivity contribution in [2.45, 2.75) is 12.5 Å². The number of hydrogen-bond acceptors (Lipinski definition) is 10. The topological polar surface area (TPSA) is 137 Å². The first-order chi connectivity index (χ1) is 20.9. The number of carbonyl (C=O) groups is 1. The number of carbonyl (C=O) groups excluding carboxylic acids is 1. The molecule has 4 aromatic rings. The number of benzene rings is 3. The minimum absolute atomic E-state index is 0.0388. The van der Waals surface area contributed by atoms with Crippen LogP contribution in [0.1, 0.15) is 12.0 Å². The fourth-order valence-corrected chi connectivity index (χ4v) is 4.59. The van der Waals surface area contributed by atoms with Crippen LogP contribution in [0.3, 0.4) is 0 Å². The van der Waals surface area contributed by atoms with Crippen molar-refractivity contribution in [2.75, 3.05) is 45.2 Å². The Balaban J connectivity index is 1.41. The quantitative estimate of drug-likeness (QED) is 0.157. The van der Waals surface area contributed by atoms with Crippen LogP contribution in [0, 0.1) is 5.82 Å². The molecule has 1 aliphatic heterocycles. The summed E-state index contributed by atoms with van der Waals surface area (Å²) in [5, 5.41) is 10.5. The largest absolute Gasteiger partial charge is 0.493 e. The number of aromatic nitrogens is 2. The molecule has 1 atom stereocenters. The highest BCUT2D eigenvalue weighted by Crippen LogP contribution is 2.39. The summed E-state index contributed by atoms with van der Waals surface area (Å²) in [5.41, 5.74) is 4.39. The molecule has 0 spiro atoms. The number of fused-ring (bicyclic) bond motifs is 1. The lowest BCUT2D eigenvalue weighted by molar-refractivity contribution is 0.142. The van der Waals surface area contributed by atoms with Gasteiger partial charge in [0, 0.05) is 29.1 Å². The number of urea groups is 1. The van der Waals surface area contributed by atoms with Crippen molar-refractivity contribution in [3.8, 4) is 23.0 Å². The summed E-state index contributed by atoms with van der Waals surface area (Å²) in [7, 11) is 4.50. The number of amides is 2. The predicted molar refractivity (Wildman–Crippen MR) is 160 cm³/mol. The summed E-state index contributed by atoms with van der Waals surface area (Å²) >= 11 is 5.95. The number of hydrogen-bond donors (Lipinski definition) is 3. The minimum Gasteiger partial charge on any atom is -0.493 e. The van der Waals surface area contributed by atoms with Crippen LogP contribution in [0.5, 0.6) is 23.0 Å². The van der Waals surface area contributed by atoms with Crippen molar-refractivity contribution >= 4 is 51.9 Å². The van der Waals surface area contributed by atoms with E-state index in [0.29, 0.717) is 76.3 Å². The average molecular weight is 611 g/mol. The van der Waals surface area contributed by atoms with Gasteiger partial charge in [-0.25, -0.2) is 24.6 Å². The minimum atomic E-state index is -0.640. The summed E-state index contributed by atoms with van der Waals surface area (Å²) in [6.07, 6.45) is 3.30. The van der Waals surface area contributed by atoms with E-state index in [2.05, 4.69) is 31.1 Å². The summed E-state index contributed by atoms with van der Waals surface area (Å²) in [6.45, 7) is 0.995. The van der Waals surface area contributed by atoms with Crippen molar-refractivity contribution < 1.29 is 32.9 Å². The molecule has 1 unspecified atom stereocenters. The number of hydrazone groups is 1. The molecule has 1 aromatic heterocycles. The van der Waals surface area contributed by atoms with E-state index in [1.165, 1.54) is 52.1 Å². The smallest absolute Gasteiger partial charge is 0.339 e. The highest BCUT2D eigenvalue weighted by Gasteiger charge is 2.21. The van der Waals surface area contributed by atoms with Crippen molar-refractivity contribution in [3.63, 3.8) is 0 Å².